The zero-order valence-electron chi connectivity index (χ0n) is 12.9. The number of aromatic nitrogens is 1. The predicted octanol–water partition coefficient (Wildman–Crippen LogP) is 5.53. The Bertz CT molecular complexity index is 1020. The van der Waals surface area contributed by atoms with Gasteiger partial charge in [-0.2, -0.15) is 0 Å². The van der Waals surface area contributed by atoms with Crippen LogP contribution in [0.4, 0.5) is 0 Å². The summed E-state index contributed by atoms with van der Waals surface area (Å²) in [4.78, 5) is 4.67. The Labute approximate surface area is 134 Å². The molecular weight excluding hydrogens is 282 g/mol. The fourth-order valence-electron chi connectivity index (χ4n) is 3.80. The summed E-state index contributed by atoms with van der Waals surface area (Å²) < 4.78 is 6.28. The van der Waals surface area contributed by atoms with Crippen LogP contribution in [0.25, 0.3) is 33.0 Å². The van der Waals surface area contributed by atoms with E-state index in [1.165, 1.54) is 40.3 Å². The van der Waals surface area contributed by atoms with Crippen LogP contribution in [0.15, 0.2) is 59.1 Å². The minimum Gasteiger partial charge on any atom is -0.460 e. The summed E-state index contributed by atoms with van der Waals surface area (Å²) in [6.45, 7) is 0. The first-order valence-electron chi connectivity index (χ1n) is 8.29. The number of furan rings is 1. The van der Waals surface area contributed by atoms with Gasteiger partial charge in [0.25, 0.3) is 0 Å². The van der Waals surface area contributed by atoms with E-state index in [0.29, 0.717) is 0 Å². The third-order valence-corrected chi connectivity index (χ3v) is 4.91. The summed E-state index contributed by atoms with van der Waals surface area (Å²) in [5, 5.41) is 3.66. The number of hydrogen-bond acceptors (Lipinski definition) is 2. The molecule has 2 aromatic heterocycles. The largest absolute Gasteiger partial charge is 0.460 e. The first kappa shape index (κ1) is 12.9. The van der Waals surface area contributed by atoms with E-state index in [1.807, 2.05) is 6.20 Å². The molecule has 112 valence electrons. The lowest BCUT2D eigenvalue weighted by Gasteiger charge is -2.08. The van der Waals surface area contributed by atoms with Gasteiger partial charge in [-0.25, -0.2) is 0 Å². The standard InChI is InChI=1S/C21H17NO/c1-2-7-15-14(6-1)12-13-22-20(15)18-10-5-9-17-16-8-3-4-11-19(16)23-21(17)18/h1-2,5-7,9-10,12-13H,3-4,8,11H2. The number of fused-ring (bicyclic) bond motifs is 4. The molecule has 1 aliphatic rings. The average Bonchev–Trinajstić information content (AvgIpc) is 3.00. The fraction of sp³-hybridized carbons (Fsp3) is 0.190. The molecule has 4 aromatic rings. The molecule has 1 aliphatic carbocycles. The highest BCUT2D eigenvalue weighted by Gasteiger charge is 2.20. The Morgan fingerprint density at radius 3 is 2.70 bits per heavy atom. The SMILES string of the molecule is c1ccc2c(-c3cccc4c5c(oc34)CCCC5)nccc2c1. The molecule has 0 unspecified atom stereocenters. The van der Waals surface area contributed by atoms with Crippen molar-refractivity contribution >= 4 is 21.7 Å². The number of rotatable bonds is 1. The van der Waals surface area contributed by atoms with Crippen molar-refractivity contribution in [1.29, 1.82) is 0 Å². The Hall–Kier alpha value is -2.61. The van der Waals surface area contributed by atoms with Crippen molar-refractivity contribution < 1.29 is 4.42 Å². The van der Waals surface area contributed by atoms with Crippen LogP contribution in [0.5, 0.6) is 0 Å². The normalized spacial score (nSPS) is 14.3. The second-order valence-corrected chi connectivity index (χ2v) is 6.27. The smallest absolute Gasteiger partial charge is 0.143 e. The Balaban J connectivity index is 1.84. The maximum Gasteiger partial charge on any atom is 0.143 e. The number of aryl methyl sites for hydroxylation is 2. The fourth-order valence-corrected chi connectivity index (χ4v) is 3.80. The van der Waals surface area contributed by atoms with Crippen LogP contribution < -0.4 is 0 Å². The van der Waals surface area contributed by atoms with Gasteiger partial charge in [-0.3, -0.25) is 4.98 Å². The van der Waals surface area contributed by atoms with Gasteiger partial charge >= 0.3 is 0 Å². The molecule has 0 aliphatic heterocycles. The lowest BCUT2D eigenvalue weighted by molar-refractivity contribution is 0.506. The van der Waals surface area contributed by atoms with E-state index >= 15 is 0 Å². The molecule has 0 radical (unpaired) electrons. The Kier molecular flexibility index (Phi) is 2.77. The maximum atomic E-state index is 6.28. The number of benzene rings is 2. The minimum absolute atomic E-state index is 1.00. The number of nitrogens with zero attached hydrogens (tertiary/aromatic N) is 1. The van der Waals surface area contributed by atoms with Crippen LogP contribution in [-0.4, -0.2) is 4.98 Å². The van der Waals surface area contributed by atoms with Crippen molar-refractivity contribution in [2.75, 3.05) is 0 Å². The van der Waals surface area contributed by atoms with Crippen LogP contribution in [0, 0.1) is 0 Å². The highest BCUT2D eigenvalue weighted by molar-refractivity contribution is 6.02. The van der Waals surface area contributed by atoms with Crippen LogP contribution in [-0.2, 0) is 12.8 Å². The number of pyridine rings is 1. The summed E-state index contributed by atoms with van der Waals surface area (Å²) in [7, 11) is 0. The summed E-state index contributed by atoms with van der Waals surface area (Å²) in [5.41, 5.74) is 4.53. The minimum atomic E-state index is 1.00. The van der Waals surface area contributed by atoms with Crippen LogP contribution in [0.3, 0.4) is 0 Å². The van der Waals surface area contributed by atoms with Crippen molar-refractivity contribution in [3.63, 3.8) is 0 Å². The van der Waals surface area contributed by atoms with E-state index in [-0.39, 0.29) is 0 Å². The zero-order chi connectivity index (χ0) is 15.2. The van der Waals surface area contributed by atoms with Crippen molar-refractivity contribution in [2.45, 2.75) is 25.7 Å². The first-order valence-corrected chi connectivity index (χ1v) is 8.29. The van der Waals surface area contributed by atoms with Crippen LogP contribution in [0.2, 0.25) is 0 Å². The van der Waals surface area contributed by atoms with E-state index in [4.69, 9.17) is 4.42 Å². The highest BCUT2D eigenvalue weighted by atomic mass is 16.3. The van der Waals surface area contributed by atoms with Crippen LogP contribution in [0.1, 0.15) is 24.2 Å². The van der Waals surface area contributed by atoms with Gasteiger partial charge in [0.05, 0.1) is 5.69 Å². The van der Waals surface area contributed by atoms with Gasteiger partial charge in [-0.1, -0.05) is 36.4 Å². The molecule has 0 saturated carbocycles. The molecule has 5 rings (SSSR count). The molecule has 0 bridgehead atoms. The predicted molar refractivity (Wildman–Crippen MR) is 93.6 cm³/mol. The molecule has 2 nitrogen and oxygen atoms in total. The van der Waals surface area contributed by atoms with E-state index in [1.54, 1.807) is 0 Å². The summed E-state index contributed by atoms with van der Waals surface area (Å²) in [6, 6.07) is 16.9. The number of para-hydroxylation sites is 1. The van der Waals surface area contributed by atoms with Gasteiger partial charge in [-0.05, 0) is 36.8 Å². The second-order valence-electron chi connectivity index (χ2n) is 6.27. The molecule has 0 amide bonds. The molecule has 2 heteroatoms. The lowest BCUT2D eigenvalue weighted by Crippen LogP contribution is -1.98. The third-order valence-electron chi connectivity index (χ3n) is 4.91. The van der Waals surface area contributed by atoms with E-state index in [2.05, 4.69) is 53.5 Å². The van der Waals surface area contributed by atoms with Gasteiger partial charge in [0, 0.05) is 34.5 Å². The van der Waals surface area contributed by atoms with E-state index in [0.717, 1.165) is 29.7 Å². The molecule has 2 aromatic carbocycles. The van der Waals surface area contributed by atoms with E-state index in [9.17, 15) is 0 Å². The molecule has 0 saturated heterocycles. The van der Waals surface area contributed by atoms with Crippen molar-refractivity contribution in [1.82, 2.24) is 4.98 Å². The maximum absolute atomic E-state index is 6.28. The van der Waals surface area contributed by atoms with Gasteiger partial charge in [-0.15, -0.1) is 0 Å². The molecule has 2 heterocycles. The molecule has 23 heavy (non-hydrogen) atoms. The van der Waals surface area contributed by atoms with Gasteiger partial charge in [0.15, 0.2) is 0 Å². The summed E-state index contributed by atoms with van der Waals surface area (Å²) in [5.74, 6) is 1.18. The van der Waals surface area contributed by atoms with Gasteiger partial charge < -0.3 is 4.42 Å². The van der Waals surface area contributed by atoms with Crippen molar-refractivity contribution in [3.8, 4) is 11.3 Å². The van der Waals surface area contributed by atoms with Gasteiger partial charge in [0.2, 0.25) is 0 Å². The molecule has 0 spiro atoms. The Morgan fingerprint density at radius 1 is 0.826 bits per heavy atom. The van der Waals surface area contributed by atoms with Crippen molar-refractivity contribution in [2.24, 2.45) is 0 Å². The molecule has 0 N–H and O–H groups in total. The third kappa shape index (κ3) is 1.91. The van der Waals surface area contributed by atoms with Gasteiger partial charge in [0.1, 0.15) is 11.3 Å². The molecular formula is C21H17NO. The van der Waals surface area contributed by atoms with E-state index < -0.39 is 0 Å². The topological polar surface area (TPSA) is 26.0 Å². The second kappa shape index (κ2) is 4.95. The first-order chi connectivity index (χ1) is 11.4. The monoisotopic (exact) mass is 299 g/mol. The lowest BCUT2D eigenvalue weighted by atomic mass is 9.94. The molecule has 0 fully saturated rings. The quantitative estimate of drug-likeness (QED) is 0.462. The summed E-state index contributed by atoms with van der Waals surface area (Å²) in [6.07, 6.45) is 6.58. The molecule has 0 atom stereocenters. The highest BCUT2D eigenvalue weighted by Crippen LogP contribution is 2.38. The number of hydrogen-bond donors (Lipinski definition) is 0. The zero-order valence-corrected chi connectivity index (χ0v) is 12.9. The average molecular weight is 299 g/mol. The van der Waals surface area contributed by atoms with Crippen LogP contribution >= 0.6 is 0 Å². The van der Waals surface area contributed by atoms with Crippen molar-refractivity contribution in [3.05, 3.63) is 66.1 Å². The Morgan fingerprint density at radius 2 is 1.70 bits per heavy atom. The summed E-state index contributed by atoms with van der Waals surface area (Å²) >= 11 is 0.